The van der Waals surface area contributed by atoms with Gasteiger partial charge in [-0.15, -0.1) is 0 Å². The van der Waals surface area contributed by atoms with Crippen LogP contribution in [-0.4, -0.2) is 19.1 Å². The molecule has 1 aliphatic heterocycles. The Morgan fingerprint density at radius 3 is 3.06 bits per heavy atom. The first-order valence-electron chi connectivity index (χ1n) is 5.72. The van der Waals surface area contributed by atoms with Gasteiger partial charge in [-0.3, -0.25) is 4.79 Å². The van der Waals surface area contributed by atoms with Crippen molar-refractivity contribution in [3.8, 4) is 5.75 Å². The molecule has 0 bridgehead atoms. The summed E-state index contributed by atoms with van der Waals surface area (Å²) < 4.78 is 17.7. The summed E-state index contributed by atoms with van der Waals surface area (Å²) in [6.07, 6.45) is 0.868. The molecule has 0 unspecified atom stereocenters. The molecule has 0 spiro atoms. The van der Waals surface area contributed by atoms with Crippen LogP contribution in [0.3, 0.4) is 0 Å². The van der Waals surface area contributed by atoms with Crippen LogP contribution in [0.5, 0.6) is 5.75 Å². The normalized spacial score (nSPS) is 15.0. The molecule has 1 aliphatic rings. The van der Waals surface area contributed by atoms with Crippen molar-refractivity contribution in [1.29, 1.82) is 0 Å². The molecule has 0 aliphatic carbocycles. The van der Waals surface area contributed by atoms with Crippen molar-refractivity contribution >= 4 is 5.91 Å². The van der Waals surface area contributed by atoms with Crippen molar-refractivity contribution in [3.05, 3.63) is 41.2 Å². The Balaban J connectivity index is 2.05. The van der Waals surface area contributed by atoms with Gasteiger partial charge in [0.15, 0.2) is 0 Å². The fourth-order valence-corrected chi connectivity index (χ4v) is 1.77. The molecule has 0 atom stereocenters. The third kappa shape index (κ3) is 2.87. The second-order valence-corrected chi connectivity index (χ2v) is 4.14. The van der Waals surface area contributed by atoms with Gasteiger partial charge in [0.05, 0.1) is 12.8 Å². The van der Waals surface area contributed by atoms with Gasteiger partial charge < -0.3 is 15.8 Å². The minimum atomic E-state index is 0.0296. The first kappa shape index (κ1) is 12.6. The van der Waals surface area contributed by atoms with Gasteiger partial charge in [0, 0.05) is 18.7 Å². The van der Waals surface area contributed by atoms with E-state index in [4.69, 9.17) is 10.5 Å². The highest BCUT2D eigenvalue weighted by Gasteiger charge is 2.15. The SMILES string of the molecule is NC/C(=C\F)COc1ccc2c(c1)CNC(=O)C2. The van der Waals surface area contributed by atoms with Gasteiger partial charge in [-0.05, 0) is 23.3 Å². The Morgan fingerprint density at radius 2 is 2.33 bits per heavy atom. The van der Waals surface area contributed by atoms with Crippen LogP contribution < -0.4 is 15.8 Å². The van der Waals surface area contributed by atoms with Gasteiger partial charge in [-0.2, -0.15) is 0 Å². The van der Waals surface area contributed by atoms with Crippen molar-refractivity contribution < 1.29 is 13.9 Å². The molecule has 4 nitrogen and oxygen atoms in total. The molecule has 0 saturated heterocycles. The molecule has 0 fully saturated rings. The van der Waals surface area contributed by atoms with Crippen LogP contribution in [0.25, 0.3) is 0 Å². The molecule has 2 rings (SSSR count). The first-order chi connectivity index (χ1) is 8.72. The zero-order valence-corrected chi connectivity index (χ0v) is 9.91. The van der Waals surface area contributed by atoms with E-state index in [2.05, 4.69) is 5.32 Å². The summed E-state index contributed by atoms with van der Waals surface area (Å²) in [6, 6.07) is 5.51. The van der Waals surface area contributed by atoms with Crippen LogP contribution in [0.2, 0.25) is 0 Å². The molecule has 1 amide bonds. The maximum Gasteiger partial charge on any atom is 0.224 e. The number of amides is 1. The van der Waals surface area contributed by atoms with E-state index in [9.17, 15) is 9.18 Å². The van der Waals surface area contributed by atoms with E-state index >= 15 is 0 Å². The van der Waals surface area contributed by atoms with Crippen LogP contribution in [0, 0.1) is 0 Å². The number of benzene rings is 1. The summed E-state index contributed by atoms with van der Waals surface area (Å²) in [5.74, 6) is 0.680. The van der Waals surface area contributed by atoms with E-state index in [-0.39, 0.29) is 19.1 Å². The number of hydrogen-bond donors (Lipinski definition) is 2. The Labute approximate surface area is 105 Å². The van der Waals surface area contributed by atoms with Gasteiger partial charge in [-0.25, -0.2) is 4.39 Å². The second kappa shape index (κ2) is 5.64. The van der Waals surface area contributed by atoms with Gasteiger partial charge in [0.1, 0.15) is 12.4 Å². The number of carbonyl (C=O) groups is 1. The quantitative estimate of drug-likeness (QED) is 0.839. The van der Waals surface area contributed by atoms with Gasteiger partial charge in [0.25, 0.3) is 0 Å². The van der Waals surface area contributed by atoms with E-state index < -0.39 is 0 Å². The lowest BCUT2D eigenvalue weighted by atomic mass is 10.0. The van der Waals surface area contributed by atoms with Crippen LogP contribution in [0.1, 0.15) is 11.1 Å². The molecule has 1 aromatic carbocycles. The molecule has 0 aromatic heterocycles. The minimum absolute atomic E-state index is 0.0296. The molecule has 1 heterocycles. The molecule has 3 N–H and O–H groups in total. The highest BCUT2D eigenvalue weighted by Crippen LogP contribution is 2.21. The lowest BCUT2D eigenvalue weighted by Gasteiger charge is -2.17. The molecule has 96 valence electrons. The zero-order valence-electron chi connectivity index (χ0n) is 9.91. The summed E-state index contributed by atoms with van der Waals surface area (Å²) in [4.78, 5) is 11.2. The largest absolute Gasteiger partial charge is 0.489 e. The van der Waals surface area contributed by atoms with Crippen molar-refractivity contribution in [2.75, 3.05) is 13.2 Å². The smallest absolute Gasteiger partial charge is 0.224 e. The van der Waals surface area contributed by atoms with Crippen molar-refractivity contribution in [3.63, 3.8) is 0 Å². The van der Waals surface area contributed by atoms with Crippen molar-refractivity contribution in [2.24, 2.45) is 5.73 Å². The number of rotatable bonds is 4. The van der Waals surface area contributed by atoms with Gasteiger partial charge in [0.2, 0.25) is 5.91 Å². The maximum atomic E-state index is 12.3. The molecule has 0 radical (unpaired) electrons. The molecule has 18 heavy (non-hydrogen) atoms. The van der Waals surface area contributed by atoms with Crippen molar-refractivity contribution in [1.82, 2.24) is 5.32 Å². The Bertz CT molecular complexity index is 486. The zero-order chi connectivity index (χ0) is 13.0. The summed E-state index contributed by atoms with van der Waals surface area (Å²) in [6.45, 7) is 0.781. The van der Waals surface area contributed by atoms with E-state index in [1.807, 2.05) is 12.1 Å². The molecular weight excluding hydrogens is 235 g/mol. The Morgan fingerprint density at radius 1 is 1.50 bits per heavy atom. The van der Waals surface area contributed by atoms with Crippen LogP contribution in [-0.2, 0) is 17.8 Å². The Hall–Kier alpha value is -1.88. The standard InChI is InChI=1S/C13H15FN2O2/c14-5-9(6-15)8-18-12-2-1-10-4-13(17)16-7-11(10)3-12/h1-3,5H,4,6-8,15H2,(H,16,17)/b9-5+. The molecule has 1 aromatic rings. The topological polar surface area (TPSA) is 64.3 Å². The predicted molar refractivity (Wildman–Crippen MR) is 65.7 cm³/mol. The van der Waals surface area contributed by atoms with E-state index in [1.54, 1.807) is 6.07 Å². The summed E-state index contributed by atoms with van der Waals surface area (Å²) in [5.41, 5.74) is 7.78. The van der Waals surface area contributed by atoms with E-state index in [1.165, 1.54) is 0 Å². The number of nitrogens with two attached hydrogens (primary N) is 1. The third-order valence-corrected chi connectivity index (χ3v) is 2.85. The van der Waals surface area contributed by atoms with Crippen LogP contribution >= 0.6 is 0 Å². The number of ether oxygens (including phenoxy) is 1. The summed E-state index contributed by atoms with van der Waals surface area (Å²) in [5, 5.41) is 2.77. The van der Waals surface area contributed by atoms with Gasteiger partial charge in [-0.1, -0.05) is 6.07 Å². The number of hydrogen-bond acceptors (Lipinski definition) is 3. The highest BCUT2D eigenvalue weighted by atomic mass is 19.1. The van der Waals surface area contributed by atoms with Crippen LogP contribution in [0.15, 0.2) is 30.1 Å². The fraction of sp³-hybridized carbons (Fsp3) is 0.308. The average molecular weight is 250 g/mol. The fourth-order valence-electron chi connectivity index (χ4n) is 1.77. The third-order valence-electron chi connectivity index (χ3n) is 2.85. The molecular formula is C13H15FN2O2. The predicted octanol–water partition coefficient (Wildman–Crippen LogP) is 1.05. The van der Waals surface area contributed by atoms with Crippen molar-refractivity contribution in [2.45, 2.75) is 13.0 Å². The number of carbonyl (C=O) groups excluding carboxylic acids is 1. The van der Waals surface area contributed by atoms with E-state index in [0.29, 0.717) is 30.6 Å². The average Bonchev–Trinajstić information content (AvgIpc) is 2.40. The molecule has 0 saturated carbocycles. The summed E-state index contributed by atoms with van der Waals surface area (Å²) >= 11 is 0. The monoisotopic (exact) mass is 250 g/mol. The van der Waals surface area contributed by atoms with E-state index in [0.717, 1.165) is 11.1 Å². The number of halogens is 1. The molecule has 5 heteroatoms. The number of fused-ring (bicyclic) bond motifs is 1. The lowest BCUT2D eigenvalue weighted by Crippen LogP contribution is -2.30. The maximum absolute atomic E-state index is 12.3. The number of nitrogens with one attached hydrogen (secondary N) is 1. The summed E-state index contributed by atoms with van der Waals surface area (Å²) in [7, 11) is 0. The Kier molecular flexibility index (Phi) is 3.94. The lowest BCUT2D eigenvalue weighted by molar-refractivity contribution is -0.121. The minimum Gasteiger partial charge on any atom is -0.489 e. The second-order valence-electron chi connectivity index (χ2n) is 4.14. The van der Waals surface area contributed by atoms with Gasteiger partial charge >= 0.3 is 0 Å². The highest BCUT2D eigenvalue weighted by molar-refractivity contribution is 5.80. The van der Waals surface area contributed by atoms with Crippen LogP contribution in [0.4, 0.5) is 4.39 Å². The first-order valence-corrected chi connectivity index (χ1v) is 5.72.